The van der Waals surface area contributed by atoms with Crippen LogP contribution in [0.4, 0.5) is 5.69 Å². The Labute approximate surface area is 102 Å². The van der Waals surface area contributed by atoms with Gasteiger partial charge in [-0.05, 0) is 38.1 Å². The van der Waals surface area contributed by atoms with Crippen LogP contribution in [0, 0.1) is 0 Å². The highest BCUT2D eigenvalue weighted by atomic mass is 16.5. The second-order valence-electron chi connectivity index (χ2n) is 3.78. The fraction of sp³-hybridized carbons (Fsp3) is 0.462. The SMILES string of the molecule is CCOC(=O)C[C@@H](C)Nc1ccc(OC)cc1. The van der Waals surface area contributed by atoms with Crippen molar-refractivity contribution in [1.29, 1.82) is 0 Å². The number of nitrogens with one attached hydrogen (secondary N) is 1. The van der Waals surface area contributed by atoms with Crippen molar-refractivity contribution < 1.29 is 14.3 Å². The molecule has 0 aliphatic heterocycles. The Morgan fingerprint density at radius 1 is 1.35 bits per heavy atom. The van der Waals surface area contributed by atoms with Crippen LogP contribution >= 0.6 is 0 Å². The molecule has 0 radical (unpaired) electrons. The minimum Gasteiger partial charge on any atom is -0.497 e. The summed E-state index contributed by atoms with van der Waals surface area (Å²) in [6.45, 7) is 4.18. The fourth-order valence-corrected chi connectivity index (χ4v) is 1.49. The van der Waals surface area contributed by atoms with Crippen molar-refractivity contribution in [1.82, 2.24) is 0 Å². The highest BCUT2D eigenvalue weighted by Gasteiger charge is 2.09. The minimum atomic E-state index is -0.180. The monoisotopic (exact) mass is 237 g/mol. The van der Waals surface area contributed by atoms with Crippen LogP contribution in [0.2, 0.25) is 0 Å². The molecule has 1 aromatic rings. The molecule has 0 amide bonds. The number of carbonyl (C=O) groups is 1. The lowest BCUT2D eigenvalue weighted by molar-refractivity contribution is -0.143. The quantitative estimate of drug-likeness (QED) is 0.772. The smallest absolute Gasteiger partial charge is 0.307 e. The minimum absolute atomic E-state index is 0.0439. The zero-order valence-corrected chi connectivity index (χ0v) is 10.5. The van der Waals surface area contributed by atoms with Crippen LogP contribution in [0.25, 0.3) is 0 Å². The molecule has 0 aromatic heterocycles. The first kappa shape index (κ1) is 13.4. The summed E-state index contributed by atoms with van der Waals surface area (Å²) in [5, 5.41) is 3.23. The molecule has 1 N–H and O–H groups in total. The van der Waals surface area contributed by atoms with E-state index in [0.717, 1.165) is 11.4 Å². The largest absolute Gasteiger partial charge is 0.497 e. The van der Waals surface area contributed by atoms with Gasteiger partial charge in [0.1, 0.15) is 5.75 Å². The number of carbonyl (C=O) groups excluding carboxylic acids is 1. The molecule has 94 valence electrons. The summed E-state index contributed by atoms with van der Waals surface area (Å²) in [6.07, 6.45) is 0.361. The number of anilines is 1. The first-order valence-electron chi connectivity index (χ1n) is 5.72. The van der Waals surface area contributed by atoms with Gasteiger partial charge in [0, 0.05) is 11.7 Å². The van der Waals surface area contributed by atoms with Gasteiger partial charge in [0.05, 0.1) is 20.1 Å². The van der Waals surface area contributed by atoms with E-state index in [0.29, 0.717) is 13.0 Å². The zero-order valence-electron chi connectivity index (χ0n) is 10.5. The van der Waals surface area contributed by atoms with Crippen LogP contribution in [0.3, 0.4) is 0 Å². The number of esters is 1. The van der Waals surface area contributed by atoms with E-state index >= 15 is 0 Å². The number of rotatable bonds is 6. The highest BCUT2D eigenvalue weighted by molar-refractivity contribution is 5.70. The molecule has 0 unspecified atom stereocenters. The first-order valence-corrected chi connectivity index (χ1v) is 5.72. The number of methoxy groups -OCH3 is 1. The summed E-state index contributed by atoms with van der Waals surface area (Å²) in [6, 6.07) is 7.63. The van der Waals surface area contributed by atoms with E-state index in [1.54, 1.807) is 14.0 Å². The van der Waals surface area contributed by atoms with Crippen LogP contribution in [-0.2, 0) is 9.53 Å². The van der Waals surface area contributed by atoms with Gasteiger partial charge in [0.25, 0.3) is 0 Å². The lowest BCUT2D eigenvalue weighted by atomic mass is 10.2. The van der Waals surface area contributed by atoms with Crippen LogP contribution in [0.5, 0.6) is 5.75 Å². The predicted octanol–water partition coefficient (Wildman–Crippen LogP) is 2.45. The fourth-order valence-electron chi connectivity index (χ4n) is 1.49. The van der Waals surface area contributed by atoms with E-state index in [-0.39, 0.29) is 12.0 Å². The number of benzene rings is 1. The molecule has 0 fully saturated rings. The van der Waals surface area contributed by atoms with Crippen molar-refractivity contribution in [2.75, 3.05) is 19.0 Å². The van der Waals surface area contributed by atoms with Gasteiger partial charge in [0.2, 0.25) is 0 Å². The van der Waals surface area contributed by atoms with Gasteiger partial charge in [-0.2, -0.15) is 0 Å². The maximum atomic E-state index is 11.3. The highest BCUT2D eigenvalue weighted by Crippen LogP contribution is 2.16. The molecule has 0 saturated heterocycles. The van der Waals surface area contributed by atoms with Crippen molar-refractivity contribution in [3.8, 4) is 5.75 Å². The van der Waals surface area contributed by atoms with Crippen molar-refractivity contribution >= 4 is 11.7 Å². The molecule has 4 nitrogen and oxygen atoms in total. The lowest BCUT2D eigenvalue weighted by Crippen LogP contribution is -2.20. The van der Waals surface area contributed by atoms with Gasteiger partial charge >= 0.3 is 5.97 Å². The third-order valence-electron chi connectivity index (χ3n) is 2.28. The Balaban J connectivity index is 2.44. The molecule has 1 aromatic carbocycles. The molecule has 0 bridgehead atoms. The summed E-state index contributed by atoms with van der Waals surface area (Å²) in [7, 11) is 1.63. The van der Waals surface area contributed by atoms with Gasteiger partial charge in [0.15, 0.2) is 0 Å². The van der Waals surface area contributed by atoms with Crippen LogP contribution in [0.15, 0.2) is 24.3 Å². The molecular formula is C13H19NO3. The Morgan fingerprint density at radius 3 is 2.53 bits per heavy atom. The Hall–Kier alpha value is -1.71. The average Bonchev–Trinajstić information content (AvgIpc) is 2.30. The second-order valence-corrected chi connectivity index (χ2v) is 3.78. The van der Waals surface area contributed by atoms with E-state index in [4.69, 9.17) is 9.47 Å². The van der Waals surface area contributed by atoms with E-state index in [2.05, 4.69) is 5.32 Å². The third-order valence-corrected chi connectivity index (χ3v) is 2.28. The molecule has 1 atom stereocenters. The molecule has 0 saturated carbocycles. The summed E-state index contributed by atoms with van der Waals surface area (Å²) >= 11 is 0. The zero-order chi connectivity index (χ0) is 12.7. The van der Waals surface area contributed by atoms with Gasteiger partial charge in [-0.15, -0.1) is 0 Å². The lowest BCUT2D eigenvalue weighted by Gasteiger charge is -2.14. The molecule has 0 aliphatic carbocycles. The van der Waals surface area contributed by atoms with Gasteiger partial charge in [-0.25, -0.2) is 0 Å². The van der Waals surface area contributed by atoms with E-state index in [9.17, 15) is 4.79 Å². The predicted molar refractivity (Wildman–Crippen MR) is 67.3 cm³/mol. The number of hydrogen-bond donors (Lipinski definition) is 1. The van der Waals surface area contributed by atoms with Crippen LogP contribution in [0.1, 0.15) is 20.3 Å². The van der Waals surface area contributed by atoms with Crippen LogP contribution in [-0.4, -0.2) is 25.7 Å². The Bertz CT molecular complexity index is 348. The van der Waals surface area contributed by atoms with E-state index < -0.39 is 0 Å². The van der Waals surface area contributed by atoms with Crippen molar-refractivity contribution in [2.45, 2.75) is 26.3 Å². The summed E-state index contributed by atoms with van der Waals surface area (Å²) in [5.41, 5.74) is 0.961. The topological polar surface area (TPSA) is 47.6 Å². The molecule has 0 spiro atoms. The Kier molecular flexibility index (Phi) is 5.33. The molecule has 0 heterocycles. The van der Waals surface area contributed by atoms with E-state index in [1.165, 1.54) is 0 Å². The molecule has 0 aliphatic rings. The van der Waals surface area contributed by atoms with Gasteiger partial charge in [-0.3, -0.25) is 4.79 Å². The maximum Gasteiger partial charge on any atom is 0.307 e. The van der Waals surface area contributed by atoms with Gasteiger partial charge < -0.3 is 14.8 Å². The molecule has 1 rings (SSSR count). The third kappa shape index (κ3) is 4.76. The van der Waals surface area contributed by atoms with E-state index in [1.807, 2.05) is 31.2 Å². The number of hydrogen-bond acceptors (Lipinski definition) is 4. The normalized spacial score (nSPS) is 11.7. The second kappa shape index (κ2) is 6.78. The summed E-state index contributed by atoms with van der Waals surface area (Å²) in [4.78, 5) is 11.3. The average molecular weight is 237 g/mol. The van der Waals surface area contributed by atoms with Crippen molar-refractivity contribution in [3.63, 3.8) is 0 Å². The van der Waals surface area contributed by atoms with Crippen molar-refractivity contribution in [3.05, 3.63) is 24.3 Å². The van der Waals surface area contributed by atoms with Gasteiger partial charge in [-0.1, -0.05) is 0 Å². The van der Waals surface area contributed by atoms with Crippen molar-refractivity contribution in [2.24, 2.45) is 0 Å². The maximum absolute atomic E-state index is 11.3. The van der Waals surface area contributed by atoms with Crippen LogP contribution < -0.4 is 10.1 Å². The first-order chi connectivity index (χ1) is 8.15. The molecule has 17 heavy (non-hydrogen) atoms. The standard InChI is InChI=1S/C13H19NO3/c1-4-17-13(15)9-10(2)14-11-5-7-12(16-3)8-6-11/h5-8,10,14H,4,9H2,1-3H3/t10-/m1/s1. The Morgan fingerprint density at radius 2 is 2.00 bits per heavy atom. The summed E-state index contributed by atoms with van der Waals surface area (Å²) in [5.74, 6) is 0.634. The summed E-state index contributed by atoms with van der Waals surface area (Å²) < 4.78 is 9.96. The number of ether oxygens (including phenoxy) is 2. The molecule has 4 heteroatoms. The molecular weight excluding hydrogens is 218 g/mol.